The number of carbonyl (C=O) groups is 3. The quantitative estimate of drug-likeness (QED) is 0.380. The number of halogens is 2. The Morgan fingerprint density at radius 1 is 1.19 bits per heavy atom. The standard InChI is InChI=1S/C29H26ClFN6O5S/c1-42-28(40)23-21(33-25(26-32-8-11-43-26)34-24(23)16-2-5-18(30)6-3-16)15-35-9-10-36-19(13-35)14-37(29(36)41)22-7-4-17(27(38)39)12-20(22)31/h2-8,11-12,19,24H,9-10,13-15H2,1H3,(H,33,34)(H,38,39)/t19-,24-/m0/s1. The molecule has 2 saturated heterocycles. The third kappa shape index (κ3) is 5.58. The van der Waals surface area contributed by atoms with Crippen LogP contribution in [0, 0.1) is 5.82 Å². The SMILES string of the molecule is COC(=O)C1=C(CN2CCN3C(=O)N(c4ccc(C(=O)O)cc4F)C[C@@H]3C2)NC(c2nccs2)=N[C@H]1c1ccc(Cl)cc1. The molecule has 2 aromatic carbocycles. The van der Waals surface area contributed by atoms with E-state index in [1.54, 1.807) is 23.2 Å². The first kappa shape index (κ1) is 28.8. The molecular weight excluding hydrogens is 599 g/mol. The number of fused-ring (bicyclic) bond motifs is 1. The normalized spacial score (nSPS) is 20.5. The fourth-order valence-corrected chi connectivity index (χ4v) is 6.32. The summed E-state index contributed by atoms with van der Waals surface area (Å²) in [6.45, 7) is 1.93. The number of carboxylic acid groups (broad SMARTS) is 1. The van der Waals surface area contributed by atoms with Crippen molar-refractivity contribution in [2.75, 3.05) is 44.7 Å². The van der Waals surface area contributed by atoms with Gasteiger partial charge in [0, 0.05) is 55.0 Å². The molecule has 2 atom stereocenters. The van der Waals surface area contributed by atoms with Gasteiger partial charge in [0.15, 0.2) is 10.8 Å². The van der Waals surface area contributed by atoms with E-state index in [1.165, 1.54) is 35.5 Å². The number of aromatic carboxylic acids is 1. The van der Waals surface area contributed by atoms with Crippen LogP contribution in [0.3, 0.4) is 0 Å². The Morgan fingerprint density at radius 2 is 1.98 bits per heavy atom. The van der Waals surface area contributed by atoms with Crippen molar-refractivity contribution < 1.29 is 28.6 Å². The number of amidine groups is 1. The molecule has 11 nitrogen and oxygen atoms in total. The van der Waals surface area contributed by atoms with Gasteiger partial charge in [-0.2, -0.15) is 0 Å². The minimum absolute atomic E-state index is 0.0377. The van der Waals surface area contributed by atoms with Crippen LogP contribution in [-0.4, -0.2) is 89.6 Å². The van der Waals surface area contributed by atoms with E-state index in [2.05, 4.69) is 15.2 Å². The van der Waals surface area contributed by atoms with Crippen LogP contribution in [0.25, 0.3) is 0 Å². The number of anilines is 1. The fraction of sp³-hybridized carbons (Fsp3) is 0.276. The molecule has 14 heteroatoms. The molecule has 0 bridgehead atoms. The van der Waals surface area contributed by atoms with E-state index in [-0.39, 0.29) is 29.9 Å². The average molecular weight is 625 g/mol. The number of nitrogens with zero attached hydrogens (tertiary/aromatic N) is 5. The van der Waals surface area contributed by atoms with Crippen molar-refractivity contribution in [3.05, 3.63) is 92.3 Å². The highest BCUT2D eigenvalue weighted by atomic mass is 35.5. The van der Waals surface area contributed by atoms with Gasteiger partial charge >= 0.3 is 18.0 Å². The van der Waals surface area contributed by atoms with Crippen molar-refractivity contribution in [3.63, 3.8) is 0 Å². The lowest BCUT2D eigenvalue weighted by Gasteiger charge is -2.38. The fourth-order valence-electron chi connectivity index (χ4n) is 5.61. The number of carboxylic acids is 1. The maximum absolute atomic E-state index is 14.8. The number of hydrogen-bond donors (Lipinski definition) is 2. The lowest BCUT2D eigenvalue weighted by molar-refractivity contribution is -0.136. The van der Waals surface area contributed by atoms with E-state index in [1.807, 2.05) is 17.5 Å². The van der Waals surface area contributed by atoms with Crippen LogP contribution in [0.1, 0.15) is 27.0 Å². The molecule has 43 heavy (non-hydrogen) atoms. The predicted octanol–water partition coefficient (Wildman–Crippen LogP) is 3.78. The van der Waals surface area contributed by atoms with Crippen LogP contribution in [0.2, 0.25) is 5.02 Å². The van der Waals surface area contributed by atoms with Crippen molar-refractivity contribution in [2.24, 2.45) is 4.99 Å². The monoisotopic (exact) mass is 624 g/mol. The van der Waals surface area contributed by atoms with Crippen LogP contribution in [-0.2, 0) is 9.53 Å². The van der Waals surface area contributed by atoms with Gasteiger partial charge in [0.1, 0.15) is 11.9 Å². The van der Waals surface area contributed by atoms with E-state index < -0.39 is 23.8 Å². The topological polar surface area (TPSA) is 128 Å². The Kier molecular flexibility index (Phi) is 7.86. The number of esters is 1. The van der Waals surface area contributed by atoms with Crippen LogP contribution >= 0.6 is 22.9 Å². The van der Waals surface area contributed by atoms with Gasteiger partial charge in [0.05, 0.1) is 30.0 Å². The zero-order valence-electron chi connectivity index (χ0n) is 22.9. The molecule has 0 spiro atoms. The van der Waals surface area contributed by atoms with E-state index in [0.29, 0.717) is 53.3 Å². The summed E-state index contributed by atoms with van der Waals surface area (Å²) in [6.07, 6.45) is 1.68. The summed E-state index contributed by atoms with van der Waals surface area (Å²) >= 11 is 7.55. The summed E-state index contributed by atoms with van der Waals surface area (Å²) in [5, 5.41) is 15.6. The lowest BCUT2D eigenvalue weighted by atomic mass is 9.95. The molecule has 6 rings (SSSR count). The summed E-state index contributed by atoms with van der Waals surface area (Å²) in [5.41, 5.74) is 1.57. The zero-order chi connectivity index (χ0) is 30.2. The third-order valence-corrected chi connectivity index (χ3v) is 8.69. The molecule has 3 aliphatic rings. The van der Waals surface area contributed by atoms with Crippen LogP contribution < -0.4 is 10.2 Å². The average Bonchev–Trinajstić information content (AvgIpc) is 3.65. The molecule has 3 aromatic rings. The maximum atomic E-state index is 14.8. The highest BCUT2D eigenvalue weighted by molar-refractivity contribution is 7.11. The number of nitrogens with one attached hydrogen (secondary N) is 1. The number of ether oxygens (including phenoxy) is 1. The Hall–Kier alpha value is -4.33. The second-order valence-corrected chi connectivity index (χ2v) is 11.6. The van der Waals surface area contributed by atoms with Gasteiger partial charge in [-0.05, 0) is 35.9 Å². The molecule has 2 fully saturated rings. The number of thiazole rings is 1. The molecule has 0 unspecified atom stereocenters. The molecule has 0 saturated carbocycles. The summed E-state index contributed by atoms with van der Waals surface area (Å²) in [5.74, 6) is -2.01. The smallest absolute Gasteiger partial charge is 0.338 e. The number of methoxy groups -OCH3 is 1. The van der Waals surface area contributed by atoms with E-state index in [4.69, 9.17) is 26.4 Å². The molecule has 1 aromatic heterocycles. The number of rotatable bonds is 7. The molecule has 2 amide bonds. The molecule has 0 radical (unpaired) electrons. The maximum Gasteiger partial charge on any atom is 0.338 e. The predicted molar refractivity (Wildman–Crippen MR) is 158 cm³/mol. The first-order chi connectivity index (χ1) is 20.7. The number of carbonyl (C=O) groups excluding carboxylic acids is 2. The first-order valence-electron chi connectivity index (χ1n) is 13.4. The number of aromatic nitrogens is 1. The number of amides is 2. The highest BCUT2D eigenvalue weighted by Crippen LogP contribution is 2.34. The molecule has 0 aliphatic carbocycles. The Balaban J connectivity index is 1.27. The number of hydrogen-bond acceptors (Lipinski definition) is 9. The van der Waals surface area contributed by atoms with Crippen molar-refractivity contribution in [1.82, 2.24) is 20.1 Å². The third-order valence-electron chi connectivity index (χ3n) is 7.66. The zero-order valence-corrected chi connectivity index (χ0v) is 24.4. The van der Waals surface area contributed by atoms with Crippen molar-refractivity contribution in [1.29, 1.82) is 0 Å². The van der Waals surface area contributed by atoms with E-state index in [0.717, 1.165) is 11.6 Å². The Bertz CT molecular complexity index is 1650. The molecule has 222 valence electrons. The lowest BCUT2D eigenvalue weighted by Crippen LogP contribution is -2.53. The van der Waals surface area contributed by atoms with Gasteiger partial charge in [0.25, 0.3) is 0 Å². The second kappa shape index (κ2) is 11.7. The Labute approximate surface area is 254 Å². The number of urea groups is 1. The summed E-state index contributed by atoms with van der Waals surface area (Å²) in [4.78, 5) is 52.1. The van der Waals surface area contributed by atoms with Crippen LogP contribution in [0.15, 0.2) is 70.3 Å². The summed E-state index contributed by atoms with van der Waals surface area (Å²) in [7, 11) is 1.32. The largest absolute Gasteiger partial charge is 0.478 e. The van der Waals surface area contributed by atoms with Crippen molar-refractivity contribution >= 4 is 52.4 Å². The van der Waals surface area contributed by atoms with Gasteiger partial charge in [-0.25, -0.2) is 23.8 Å². The van der Waals surface area contributed by atoms with E-state index >= 15 is 0 Å². The van der Waals surface area contributed by atoms with Crippen LogP contribution in [0.4, 0.5) is 14.9 Å². The molecule has 3 aliphatic heterocycles. The molecular formula is C29H26ClFN6O5S. The summed E-state index contributed by atoms with van der Waals surface area (Å²) < 4.78 is 20.0. The van der Waals surface area contributed by atoms with Gasteiger partial charge < -0.3 is 20.1 Å². The van der Waals surface area contributed by atoms with E-state index in [9.17, 15) is 18.8 Å². The first-order valence-corrected chi connectivity index (χ1v) is 14.6. The molecule has 2 N–H and O–H groups in total. The summed E-state index contributed by atoms with van der Waals surface area (Å²) in [6, 6.07) is 9.41. The van der Waals surface area contributed by atoms with Crippen LogP contribution in [0.5, 0.6) is 0 Å². The van der Waals surface area contributed by atoms with Gasteiger partial charge in [-0.15, -0.1) is 11.3 Å². The number of piperazine rings is 1. The highest BCUT2D eigenvalue weighted by Gasteiger charge is 2.43. The molecule has 4 heterocycles. The minimum Gasteiger partial charge on any atom is -0.478 e. The van der Waals surface area contributed by atoms with Gasteiger partial charge in [0.2, 0.25) is 0 Å². The van der Waals surface area contributed by atoms with Crippen molar-refractivity contribution in [2.45, 2.75) is 12.1 Å². The Morgan fingerprint density at radius 3 is 2.65 bits per heavy atom. The van der Waals surface area contributed by atoms with Crippen molar-refractivity contribution in [3.8, 4) is 0 Å². The number of aliphatic imine (C=N–C) groups is 1. The number of benzene rings is 2. The van der Waals surface area contributed by atoms with Gasteiger partial charge in [-0.3, -0.25) is 14.8 Å². The second-order valence-electron chi connectivity index (χ2n) is 10.2. The van der Waals surface area contributed by atoms with Gasteiger partial charge in [-0.1, -0.05) is 23.7 Å². The minimum atomic E-state index is -1.25.